The molecule has 1 aromatic heterocycles. The van der Waals surface area contributed by atoms with Crippen LogP contribution in [0.2, 0.25) is 0 Å². The van der Waals surface area contributed by atoms with Gasteiger partial charge in [0.2, 0.25) is 11.8 Å². The number of aryl methyl sites for hydroxylation is 1. The van der Waals surface area contributed by atoms with E-state index >= 15 is 0 Å². The van der Waals surface area contributed by atoms with E-state index < -0.39 is 0 Å². The second-order valence-corrected chi connectivity index (χ2v) is 5.73. The van der Waals surface area contributed by atoms with Crippen LogP contribution in [-0.2, 0) is 9.59 Å². The van der Waals surface area contributed by atoms with Gasteiger partial charge in [0.15, 0.2) is 5.13 Å². The van der Waals surface area contributed by atoms with Gasteiger partial charge < -0.3 is 16.4 Å². The Balaban J connectivity index is 2.07. The minimum Gasteiger partial charge on any atom is -0.375 e. The van der Waals surface area contributed by atoms with E-state index in [2.05, 4.69) is 15.6 Å². The Kier molecular flexibility index (Phi) is 2.90. The number of rotatable bonds is 1. The van der Waals surface area contributed by atoms with Crippen LogP contribution in [0.4, 0.5) is 16.5 Å². The van der Waals surface area contributed by atoms with E-state index in [9.17, 15) is 9.59 Å². The van der Waals surface area contributed by atoms with Gasteiger partial charge in [-0.25, -0.2) is 4.98 Å². The van der Waals surface area contributed by atoms with E-state index in [0.717, 1.165) is 16.1 Å². The second-order valence-electron chi connectivity index (χ2n) is 4.49. The number of amides is 2. The highest BCUT2D eigenvalue weighted by Crippen LogP contribution is 2.34. The van der Waals surface area contributed by atoms with E-state index in [4.69, 9.17) is 5.73 Å². The fourth-order valence-corrected chi connectivity index (χ4v) is 2.83. The van der Waals surface area contributed by atoms with E-state index in [1.54, 1.807) is 12.1 Å². The average Bonchev–Trinajstić information content (AvgIpc) is 2.62. The van der Waals surface area contributed by atoms with Crippen LogP contribution in [0, 0.1) is 6.92 Å². The third-order valence-electron chi connectivity index (χ3n) is 2.98. The van der Waals surface area contributed by atoms with Crippen molar-refractivity contribution in [2.75, 3.05) is 16.4 Å². The van der Waals surface area contributed by atoms with Crippen LogP contribution in [0.25, 0.3) is 11.3 Å². The smallest absolute Gasteiger partial charge is 0.233 e. The molecule has 3 rings (SSSR count). The Morgan fingerprint density at radius 3 is 2.55 bits per heavy atom. The zero-order valence-corrected chi connectivity index (χ0v) is 11.5. The van der Waals surface area contributed by atoms with Gasteiger partial charge in [-0.2, -0.15) is 0 Å². The number of hydrogen-bond donors (Lipinski definition) is 3. The number of benzene rings is 1. The van der Waals surface area contributed by atoms with Crippen LogP contribution < -0.4 is 16.4 Å². The van der Waals surface area contributed by atoms with Crippen LogP contribution in [-0.4, -0.2) is 16.8 Å². The molecule has 7 heteroatoms. The molecular weight excluding hydrogens is 276 g/mol. The highest BCUT2D eigenvalue weighted by atomic mass is 32.1. The van der Waals surface area contributed by atoms with Crippen LogP contribution in [0.3, 0.4) is 0 Å². The summed E-state index contributed by atoms with van der Waals surface area (Å²) in [5.74, 6) is -0.643. The Labute approximate surface area is 119 Å². The number of hydrogen-bond acceptors (Lipinski definition) is 5. The van der Waals surface area contributed by atoms with Gasteiger partial charge in [0.1, 0.15) is 6.42 Å². The summed E-state index contributed by atoms with van der Waals surface area (Å²) in [6.07, 6.45) is -0.174. The second kappa shape index (κ2) is 4.61. The molecule has 6 nitrogen and oxygen atoms in total. The minimum absolute atomic E-state index is 0.174. The number of nitrogen functional groups attached to an aromatic ring is 1. The van der Waals surface area contributed by atoms with E-state index in [-0.39, 0.29) is 18.2 Å². The number of thiazole rings is 1. The van der Waals surface area contributed by atoms with Crippen molar-refractivity contribution in [1.82, 2.24) is 4.98 Å². The predicted octanol–water partition coefficient (Wildman–Crippen LogP) is 1.98. The number of anilines is 3. The molecule has 0 saturated carbocycles. The number of carbonyl (C=O) groups excluding carboxylic acids is 2. The molecule has 20 heavy (non-hydrogen) atoms. The maximum atomic E-state index is 11.6. The summed E-state index contributed by atoms with van der Waals surface area (Å²) in [6, 6.07) is 5.39. The van der Waals surface area contributed by atoms with Crippen molar-refractivity contribution in [3.63, 3.8) is 0 Å². The summed E-state index contributed by atoms with van der Waals surface area (Å²) < 4.78 is 0. The molecule has 0 aliphatic carbocycles. The first-order valence-electron chi connectivity index (χ1n) is 6.00. The summed E-state index contributed by atoms with van der Waals surface area (Å²) >= 11 is 1.42. The van der Waals surface area contributed by atoms with E-state index in [1.807, 2.05) is 13.0 Å². The van der Waals surface area contributed by atoms with Crippen LogP contribution >= 0.6 is 11.3 Å². The molecular formula is C13H12N4O2S. The number of fused-ring (bicyclic) bond motifs is 1. The summed E-state index contributed by atoms with van der Waals surface area (Å²) in [6.45, 7) is 1.94. The molecule has 0 saturated heterocycles. The molecule has 0 atom stereocenters. The lowest BCUT2D eigenvalue weighted by atomic mass is 10.1. The zero-order valence-electron chi connectivity index (χ0n) is 10.7. The van der Waals surface area contributed by atoms with Crippen molar-refractivity contribution >= 4 is 39.7 Å². The van der Waals surface area contributed by atoms with Crippen molar-refractivity contribution in [2.24, 2.45) is 0 Å². The topological polar surface area (TPSA) is 97.1 Å². The van der Waals surface area contributed by atoms with Gasteiger partial charge in [-0.05, 0) is 19.1 Å². The van der Waals surface area contributed by atoms with Crippen LogP contribution in [0.5, 0.6) is 0 Å². The number of aromatic nitrogens is 1. The van der Waals surface area contributed by atoms with Gasteiger partial charge in [0.25, 0.3) is 0 Å². The lowest BCUT2D eigenvalue weighted by Gasteiger charge is -2.08. The highest BCUT2D eigenvalue weighted by Gasteiger charge is 2.19. The normalized spacial score (nSPS) is 14.2. The van der Waals surface area contributed by atoms with Crippen molar-refractivity contribution in [2.45, 2.75) is 13.3 Å². The molecule has 4 N–H and O–H groups in total. The van der Waals surface area contributed by atoms with Crippen LogP contribution in [0.1, 0.15) is 11.3 Å². The third kappa shape index (κ3) is 2.23. The average molecular weight is 288 g/mol. The molecule has 0 fully saturated rings. The Morgan fingerprint density at radius 1 is 1.20 bits per heavy atom. The van der Waals surface area contributed by atoms with Gasteiger partial charge >= 0.3 is 0 Å². The number of nitrogens with two attached hydrogens (primary N) is 1. The van der Waals surface area contributed by atoms with E-state index in [1.165, 1.54) is 11.3 Å². The quantitative estimate of drug-likeness (QED) is 0.699. The maximum absolute atomic E-state index is 11.6. The lowest BCUT2D eigenvalue weighted by molar-refractivity contribution is -0.123. The molecule has 2 amide bonds. The SMILES string of the molecule is Cc1sc(N)nc1-c1ccc2c(c1)NC(=O)CC(=O)N2. The fraction of sp³-hybridized carbons (Fsp3) is 0.154. The van der Waals surface area contributed by atoms with Crippen molar-refractivity contribution < 1.29 is 9.59 Å². The third-order valence-corrected chi connectivity index (χ3v) is 3.78. The summed E-state index contributed by atoms with van der Waals surface area (Å²) in [5, 5.41) is 5.90. The van der Waals surface area contributed by atoms with Gasteiger partial charge in [0.05, 0.1) is 17.1 Å². The first kappa shape index (κ1) is 12.6. The number of nitrogens with one attached hydrogen (secondary N) is 2. The monoisotopic (exact) mass is 288 g/mol. The summed E-state index contributed by atoms with van der Waals surface area (Å²) in [4.78, 5) is 28.3. The van der Waals surface area contributed by atoms with Gasteiger partial charge in [-0.3, -0.25) is 9.59 Å². The number of nitrogens with zero attached hydrogens (tertiary/aromatic N) is 1. The Hall–Kier alpha value is -2.41. The molecule has 1 aliphatic rings. The summed E-state index contributed by atoms with van der Waals surface area (Å²) in [5.41, 5.74) is 8.51. The Bertz CT molecular complexity index is 723. The van der Waals surface area contributed by atoms with Crippen molar-refractivity contribution in [3.8, 4) is 11.3 Å². The molecule has 0 spiro atoms. The molecule has 102 valence electrons. The van der Waals surface area contributed by atoms with Gasteiger partial charge in [-0.1, -0.05) is 6.07 Å². The van der Waals surface area contributed by atoms with Crippen LogP contribution in [0.15, 0.2) is 18.2 Å². The summed E-state index contributed by atoms with van der Waals surface area (Å²) in [7, 11) is 0. The fourth-order valence-electron chi connectivity index (χ4n) is 2.12. The molecule has 2 heterocycles. The van der Waals surface area contributed by atoms with Crippen molar-refractivity contribution in [3.05, 3.63) is 23.1 Å². The molecule has 1 aliphatic heterocycles. The zero-order chi connectivity index (χ0) is 14.3. The molecule has 0 bridgehead atoms. The molecule has 0 unspecified atom stereocenters. The lowest BCUT2D eigenvalue weighted by Crippen LogP contribution is -2.16. The predicted molar refractivity (Wildman–Crippen MR) is 78.6 cm³/mol. The molecule has 0 radical (unpaired) electrons. The molecule has 1 aromatic carbocycles. The minimum atomic E-state index is -0.326. The van der Waals surface area contributed by atoms with Crippen molar-refractivity contribution in [1.29, 1.82) is 0 Å². The van der Waals surface area contributed by atoms with E-state index in [0.29, 0.717) is 16.5 Å². The van der Waals surface area contributed by atoms with Gasteiger partial charge in [0, 0.05) is 10.4 Å². The van der Waals surface area contributed by atoms with Gasteiger partial charge in [-0.15, -0.1) is 11.3 Å². The number of carbonyl (C=O) groups is 2. The maximum Gasteiger partial charge on any atom is 0.233 e. The Morgan fingerprint density at radius 2 is 1.90 bits per heavy atom. The first-order chi connectivity index (χ1) is 9.52. The largest absolute Gasteiger partial charge is 0.375 e. The standard InChI is InChI=1S/C13H12N4O2S/c1-6-12(17-13(14)20-6)7-2-3-8-9(4-7)16-11(19)5-10(18)15-8/h2-4H,5H2,1H3,(H2,14,17)(H,15,18)(H,16,19). The highest BCUT2D eigenvalue weighted by molar-refractivity contribution is 7.15. The first-order valence-corrected chi connectivity index (χ1v) is 6.81. The molecule has 2 aromatic rings.